The molecule has 2 aromatic rings. The van der Waals surface area contributed by atoms with Gasteiger partial charge in [0.05, 0.1) is 0 Å². The summed E-state index contributed by atoms with van der Waals surface area (Å²) in [7, 11) is 0. The minimum atomic E-state index is -1.74. The maximum Gasteiger partial charge on any atom is 0.244 e. The Hall–Kier alpha value is -2.36. The van der Waals surface area contributed by atoms with Crippen LogP contribution in [0.25, 0.3) is 0 Å². The van der Waals surface area contributed by atoms with E-state index in [2.05, 4.69) is 27.3 Å². The van der Waals surface area contributed by atoms with Gasteiger partial charge in [-0.05, 0) is 18.2 Å². The Kier molecular flexibility index (Phi) is 4.35. The molecule has 0 bridgehead atoms. The molecule has 1 heterocycles. The molecule has 0 radical (unpaired) electrons. The third-order valence-corrected chi connectivity index (χ3v) is 2.35. The predicted molar refractivity (Wildman–Crippen MR) is 71.8 cm³/mol. The number of aliphatic hydroxyl groups excluding tert-OH is 1. The van der Waals surface area contributed by atoms with Crippen LogP contribution in [-0.4, -0.2) is 25.6 Å². The molecule has 0 fully saturated rings. The topological polar surface area (TPSA) is 91.3 Å². The van der Waals surface area contributed by atoms with Gasteiger partial charge in [-0.1, -0.05) is 37.0 Å². The number of hydrogen-bond donors (Lipinski definition) is 3. The lowest BCUT2D eigenvalue weighted by Gasteiger charge is -2.05. The number of aromatic amines is 1. The molecule has 0 saturated carbocycles. The maximum atomic E-state index is 9.10. The fraction of sp³-hybridized carbons (Fsp3) is 0.286. The Morgan fingerprint density at radius 2 is 2.10 bits per heavy atom. The van der Waals surface area contributed by atoms with Gasteiger partial charge in [-0.15, -0.1) is 5.10 Å². The van der Waals surface area contributed by atoms with Crippen LogP contribution in [0.1, 0.15) is 31.4 Å². The predicted octanol–water partition coefficient (Wildman–Crippen LogP) is 1.59. The Morgan fingerprint density at radius 1 is 1.30 bits per heavy atom. The SMILES string of the molecule is CC(C)C#Cc1cccc(Oc2[nH]nnc2C(O)O)c1. The van der Waals surface area contributed by atoms with Crippen molar-refractivity contribution in [2.75, 3.05) is 0 Å². The summed E-state index contributed by atoms with van der Waals surface area (Å²) in [5.41, 5.74) is 0.749. The quantitative estimate of drug-likeness (QED) is 0.583. The number of nitrogens with one attached hydrogen (secondary N) is 1. The Bertz CT molecular complexity index is 638. The summed E-state index contributed by atoms with van der Waals surface area (Å²) >= 11 is 0. The molecule has 20 heavy (non-hydrogen) atoms. The van der Waals surface area contributed by atoms with Crippen LogP contribution in [0.2, 0.25) is 0 Å². The highest BCUT2D eigenvalue weighted by Gasteiger charge is 2.16. The first kappa shape index (κ1) is 14.1. The van der Waals surface area contributed by atoms with Crippen molar-refractivity contribution in [3.63, 3.8) is 0 Å². The van der Waals surface area contributed by atoms with Crippen LogP contribution in [0, 0.1) is 17.8 Å². The van der Waals surface area contributed by atoms with Crippen molar-refractivity contribution in [3.05, 3.63) is 35.5 Å². The van der Waals surface area contributed by atoms with Gasteiger partial charge in [0.15, 0.2) is 5.69 Å². The highest BCUT2D eigenvalue weighted by Crippen LogP contribution is 2.25. The van der Waals surface area contributed by atoms with Gasteiger partial charge >= 0.3 is 0 Å². The number of aliphatic hydroxyl groups is 2. The molecule has 0 amide bonds. The third-order valence-electron chi connectivity index (χ3n) is 2.35. The average Bonchev–Trinajstić information content (AvgIpc) is 2.85. The van der Waals surface area contributed by atoms with E-state index in [0.29, 0.717) is 5.75 Å². The number of nitrogens with zero attached hydrogens (tertiary/aromatic N) is 2. The zero-order valence-electron chi connectivity index (χ0n) is 11.2. The van der Waals surface area contributed by atoms with E-state index in [-0.39, 0.29) is 17.5 Å². The van der Waals surface area contributed by atoms with E-state index < -0.39 is 6.29 Å². The van der Waals surface area contributed by atoms with E-state index in [1.165, 1.54) is 0 Å². The molecule has 0 atom stereocenters. The van der Waals surface area contributed by atoms with Gasteiger partial charge in [0.25, 0.3) is 0 Å². The van der Waals surface area contributed by atoms with Crippen LogP contribution < -0.4 is 4.74 Å². The van der Waals surface area contributed by atoms with E-state index in [1.807, 2.05) is 19.9 Å². The molecule has 0 aliphatic heterocycles. The fourth-order valence-corrected chi connectivity index (χ4v) is 1.45. The molecule has 0 spiro atoms. The Morgan fingerprint density at radius 3 is 2.80 bits per heavy atom. The second-order valence-corrected chi connectivity index (χ2v) is 4.45. The Labute approximate surface area is 116 Å². The van der Waals surface area contributed by atoms with Crippen molar-refractivity contribution >= 4 is 0 Å². The number of H-pyrrole nitrogens is 1. The lowest BCUT2D eigenvalue weighted by atomic mass is 10.1. The highest BCUT2D eigenvalue weighted by molar-refractivity contribution is 5.41. The Balaban J connectivity index is 2.20. The van der Waals surface area contributed by atoms with Crippen LogP contribution in [0.4, 0.5) is 0 Å². The van der Waals surface area contributed by atoms with E-state index in [9.17, 15) is 0 Å². The molecule has 6 nitrogen and oxygen atoms in total. The minimum absolute atomic E-state index is 0.0660. The number of hydrogen-bond acceptors (Lipinski definition) is 5. The zero-order chi connectivity index (χ0) is 14.5. The van der Waals surface area contributed by atoms with E-state index in [1.54, 1.807) is 18.2 Å². The molecule has 1 aromatic heterocycles. The number of ether oxygens (including phenoxy) is 1. The van der Waals surface area contributed by atoms with Gasteiger partial charge in [0.1, 0.15) is 5.75 Å². The van der Waals surface area contributed by atoms with Crippen LogP contribution in [0.5, 0.6) is 11.6 Å². The molecular weight excluding hydrogens is 258 g/mol. The monoisotopic (exact) mass is 273 g/mol. The fourth-order valence-electron chi connectivity index (χ4n) is 1.45. The smallest absolute Gasteiger partial charge is 0.244 e. The maximum absolute atomic E-state index is 9.10. The first-order valence-corrected chi connectivity index (χ1v) is 6.13. The van der Waals surface area contributed by atoms with Gasteiger partial charge in [0, 0.05) is 11.5 Å². The van der Waals surface area contributed by atoms with Crippen molar-refractivity contribution in [2.24, 2.45) is 5.92 Å². The van der Waals surface area contributed by atoms with Gasteiger partial charge in [-0.25, -0.2) is 5.10 Å². The van der Waals surface area contributed by atoms with Crippen molar-refractivity contribution in [1.82, 2.24) is 15.4 Å². The molecule has 0 unspecified atom stereocenters. The molecule has 0 aliphatic carbocycles. The van der Waals surface area contributed by atoms with Crippen LogP contribution in [-0.2, 0) is 0 Å². The summed E-state index contributed by atoms with van der Waals surface area (Å²) < 4.78 is 5.49. The van der Waals surface area contributed by atoms with Crippen molar-refractivity contribution in [3.8, 4) is 23.5 Å². The number of rotatable bonds is 3. The largest absolute Gasteiger partial charge is 0.437 e. The van der Waals surface area contributed by atoms with E-state index >= 15 is 0 Å². The standard InChI is InChI=1S/C14H15N3O3/c1-9(2)6-7-10-4-3-5-11(8-10)20-13-12(14(18)19)15-17-16-13/h3-5,8-9,14,18-19H,1-2H3,(H,15,16,17). The van der Waals surface area contributed by atoms with Gasteiger partial charge < -0.3 is 14.9 Å². The van der Waals surface area contributed by atoms with E-state index in [0.717, 1.165) is 5.56 Å². The lowest BCUT2D eigenvalue weighted by molar-refractivity contribution is -0.0470. The minimum Gasteiger partial charge on any atom is -0.437 e. The van der Waals surface area contributed by atoms with Crippen molar-refractivity contribution in [2.45, 2.75) is 20.1 Å². The molecule has 6 heteroatoms. The summed E-state index contributed by atoms with van der Waals surface area (Å²) in [6.45, 7) is 4.02. The lowest BCUT2D eigenvalue weighted by Crippen LogP contribution is -1.98. The van der Waals surface area contributed by atoms with Crippen LogP contribution in [0.15, 0.2) is 24.3 Å². The molecular formula is C14H15N3O3. The second kappa shape index (κ2) is 6.19. The summed E-state index contributed by atoms with van der Waals surface area (Å²) in [4.78, 5) is 0. The normalized spacial score (nSPS) is 10.5. The van der Waals surface area contributed by atoms with Gasteiger partial charge in [0.2, 0.25) is 12.2 Å². The first-order valence-electron chi connectivity index (χ1n) is 6.13. The molecule has 2 rings (SSSR count). The van der Waals surface area contributed by atoms with Crippen LogP contribution in [0.3, 0.4) is 0 Å². The third kappa shape index (κ3) is 3.57. The molecule has 0 aliphatic rings. The number of benzene rings is 1. The van der Waals surface area contributed by atoms with Gasteiger partial charge in [-0.3, -0.25) is 0 Å². The summed E-state index contributed by atoms with van der Waals surface area (Å²) in [6, 6.07) is 7.16. The zero-order valence-corrected chi connectivity index (χ0v) is 11.2. The van der Waals surface area contributed by atoms with Crippen molar-refractivity contribution < 1.29 is 14.9 Å². The average molecular weight is 273 g/mol. The molecule has 3 N–H and O–H groups in total. The molecule has 104 valence electrons. The molecule has 1 aromatic carbocycles. The van der Waals surface area contributed by atoms with Crippen LogP contribution >= 0.6 is 0 Å². The first-order chi connectivity index (χ1) is 9.56. The summed E-state index contributed by atoms with van der Waals surface area (Å²) in [5.74, 6) is 6.97. The summed E-state index contributed by atoms with van der Waals surface area (Å²) in [5, 5.41) is 27.7. The highest BCUT2D eigenvalue weighted by atomic mass is 16.5. The van der Waals surface area contributed by atoms with Crippen molar-refractivity contribution in [1.29, 1.82) is 0 Å². The van der Waals surface area contributed by atoms with E-state index in [4.69, 9.17) is 14.9 Å². The molecule has 0 saturated heterocycles. The summed E-state index contributed by atoms with van der Waals surface area (Å²) in [6.07, 6.45) is -1.74. The number of aromatic nitrogens is 3. The second-order valence-electron chi connectivity index (χ2n) is 4.45. The van der Waals surface area contributed by atoms with Gasteiger partial charge in [-0.2, -0.15) is 0 Å².